The summed E-state index contributed by atoms with van der Waals surface area (Å²) in [5.41, 5.74) is 4.16. The van der Waals surface area contributed by atoms with Crippen LogP contribution in [0.2, 0.25) is 10.0 Å². The first-order valence-corrected chi connectivity index (χ1v) is 7.74. The number of halogens is 4. The van der Waals surface area contributed by atoms with Gasteiger partial charge in [-0.3, -0.25) is 0 Å². The summed E-state index contributed by atoms with van der Waals surface area (Å²) in [5, 5.41) is 1.21. The van der Waals surface area contributed by atoms with Gasteiger partial charge in [-0.2, -0.15) is 0 Å². The Balaban J connectivity index is 2.49. The lowest BCUT2D eigenvalue weighted by Gasteiger charge is -2.16. The summed E-state index contributed by atoms with van der Waals surface area (Å²) in [6.07, 6.45) is 0. The van der Waals surface area contributed by atoms with E-state index in [0.717, 1.165) is 31.7 Å². The molecule has 0 heterocycles. The maximum absolute atomic E-state index is 6.60. The molecule has 0 aliphatic carbocycles. The van der Waals surface area contributed by atoms with E-state index in [1.54, 1.807) is 0 Å². The second-order valence-electron chi connectivity index (χ2n) is 4.49. The molecule has 0 nitrogen and oxygen atoms in total. The summed E-state index contributed by atoms with van der Waals surface area (Å²) in [4.78, 5) is 0. The minimum absolute atomic E-state index is 0.234. The molecule has 2 aromatic rings. The monoisotopic (exact) mass is 376 g/mol. The first-order chi connectivity index (χ1) is 8.90. The molecule has 0 saturated heterocycles. The molecule has 0 amide bonds. The van der Waals surface area contributed by atoms with Crippen LogP contribution in [0, 0.1) is 13.8 Å². The number of rotatable bonds is 2. The zero-order valence-electron chi connectivity index (χ0n) is 10.5. The Morgan fingerprint density at radius 2 is 1.63 bits per heavy atom. The van der Waals surface area contributed by atoms with Crippen LogP contribution in [0.15, 0.2) is 34.8 Å². The van der Waals surface area contributed by atoms with Gasteiger partial charge in [0.05, 0.1) is 5.38 Å². The standard InChI is InChI=1S/C15H12BrCl3/c1-8-6-14(18)9(2)5-12(8)15(19)11-4-3-10(17)7-13(11)16/h3-7,15H,1-2H3. The third-order valence-corrected chi connectivity index (χ3v) is 4.86. The molecule has 1 atom stereocenters. The summed E-state index contributed by atoms with van der Waals surface area (Å²) in [6, 6.07) is 9.62. The quantitative estimate of drug-likeness (QED) is 0.510. The molecule has 1 unspecified atom stereocenters. The van der Waals surface area contributed by atoms with Crippen LogP contribution in [0.25, 0.3) is 0 Å². The molecule has 0 radical (unpaired) electrons. The van der Waals surface area contributed by atoms with Crippen LogP contribution < -0.4 is 0 Å². The fraction of sp³-hybridized carbons (Fsp3) is 0.200. The van der Waals surface area contributed by atoms with E-state index in [2.05, 4.69) is 15.9 Å². The number of alkyl halides is 1. The number of benzene rings is 2. The fourth-order valence-electron chi connectivity index (χ4n) is 1.95. The van der Waals surface area contributed by atoms with Crippen molar-refractivity contribution < 1.29 is 0 Å². The van der Waals surface area contributed by atoms with Gasteiger partial charge in [0.1, 0.15) is 0 Å². The van der Waals surface area contributed by atoms with Gasteiger partial charge in [-0.25, -0.2) is 0 Å². The van der Waals surface area contributed by atoms with E-state index in [9.17, 15) is 0 Å². The van der Waals surface area contributed by atoms with Crippen LogP contribution in [-0.2, 0) is 0 Å². The molecule has 19 heavy (non-hydrogen) atoms. The van der Waals surface area contributed by atoms with Crippen molar-refractivity contribution in [2.45, 2.75) is 19.2 Å². The van der Waals surface area contributed by atoms with Crippen molar-refractivity contribution in [2.24, 2.45) is 0 Å². The first-order valence-electron chi connectivity index (χ1n) is 5.76. The van der Waals surface area contributed by atoms with E-state index in [0.29, 0.717) is 5.02 Å². The minimum atomic E-state index is -0.234. The zero-order valence-corrected chi connectivity index (χ0v) is 14.3. The molecule has 2 aromatic carbocycles. The minimum Gasteiger partial charge on any atom is -0.113 e. The second-order valence-corrected chi connectivity index (χ2v) is 6.62. The van der Waals surface area contributed by atoms with E-state index < -0.39 is 0 Å². The Hall–Kier alpha value is -0.210. The molecule has 0 aromatic heterocycles. The topological polar surface area (TPSA) is 0 Å². The zero-order chi connectivity index (χ0) is 14.2. The number of hydrogen-bond donors (Lipinski definition) is 0. The van der Waals surface area contributed by atoms with Crippen LogP contribution in [0.3, 0.4) is 0 Å². The highest BCUT2D eigenvalue weighted by atomic mass is 79.9. The smallest absolute Gasteiger partial charge is 0.0849 e. The third-order valence-electron chi connectivity index (χ3n) is 3.06. The number of hydrogen-bond acceptors (Lipinski definition) is 0. The van der Waals surface area contributed by atoms with Gasteiger partial charge in [0.2, 0.25) is 0 Å². The van der Waals surface area contributed by atoms with Gasteiger partial charge < -0.3 is 0 Å². The van der Waals surface area contributed by atoms with E-state index in [4.69, 9.17) is 34.8 Å². The van der Waals surface area contributed by atoms with Crippen LogP contribution in [0.1, 0.15) is 27.6 Å². The Labute approximate surface area is 136 Å². The maximum Gasteiger partial charge on any atom is 0.0849 e. The molecule has 0 bridgehead atoms. The molecular formula is C15H12BrCl3. The lowest BCUT2D eigenvalue weighted by Crippen LogP contribution is -1.98. The van der Waals surface area contributed by atoms with Gasteiger partial charge >= 0.3 is 0 Å². The molecule has 0 N–H and O–H groups in total. The highest BCUT2D eigenvalue weighted by molar-refractivity contribution is 9.10. The lowest BCUT2D eigenvalue weighted by molar-refractivity contribution is 1.09. The van der Waals surface area contributed by atoms with Gasteiger partial charge in [-0.05, 0) is 54.3 Å². The second kappa shape index (κ2) is 6.05. The largest absolute Gasteiger partial charge is 0.113 e. The third kappa shape index (κ3) is 3.28. The highest BCUT2D eigenvalue weighted by Crippen LogP contribution is 2.37. The van der Waals surface area contributed by atoms with Crippen molar-refractivity contribution in [1.82, 2.24) is 0 Å². The van der Waals surface area contributed by atoms with Crippen LogP contribution in [0.5, 0.6) is 0 Å². The van der Waals surface area contributed by atoms with E-state index >= 15 is 0 Å². The van der Waals surface area contributed by atoms with Gasteiger partial charge in [-0.1, -0.05) is 51.3 Å². The molecule has 0 aliphatic rings. The Bertz CT molecular complexity index is 623. The van der Waals surface area contributed by atoms with Crippen molar-refractivity contribution in [1.29, 1.82) is 0 Å². The van der Waals surface area contributed by atoms with Gasteiger partial charge in [-0.15, -0.1) is 11.6 Å². The van der Waals surface area contributed by atoms with E-state index in [1.165, 1.54) is 0 Å². The predicted molar refractivity (Wildman–Crippen MR) is 87.8 cm³/mol. The molecule has 100 valence electrons. The summed E-state index contributed by atoms with van der Waals surface area (Å²) < 4.78 is 0.909. The summed E-state index contributed by atoms with van der Waals surface area (Å²) in [7, 11) is 0. The summed E-state index contributed by atoms with van der Waals surface area (Å²) in [5.74, 6) is 0. The van der Waals surface area contributed by atoms with Crippen molar-refractivity contribution in [2.75, 3.05) is 0 Å². The average molecular weight is 379 g/mol. The van der Waals surface area contributed by atoms with Crippen molar-refractivity contribution in [3.05, 3.63) is 67.1 Å². The Kier molecular flexibility index (Phi) is 4.84. The van der Waals surface area contributed by atoms with E-state index in [1.807, 2.05) is 44.2 Å². The highest BCUT2D eigenvalue weighted by Gasteiger charge is 2.17. The van der Waals surface area contributed by atoms with Gasteiger partial charge in [0.15, 0.2) is 0 Å². The molecule has 0 fully saturated rings. The van der Waals surface area contributed by atoms with E-state index in [-0.39, 0.29) is 5.38 Å². The fourth-order valence-corrected chi connectivity index (χ4v) is 3.64. The summed E-state index contributed by atoms with van der Waals surface area (Å²) >= 11 is 22.2. The Morgan fingerprint density at radius 3 is 2.26 bits per heavy atom. The molecular weight excluding hydrogens is 366 g/mol. The normalized spacial score (nSPS) is 12.5. The van der Waals surface area contributed by atoms with Crippen LogP contribution >= 0.6 is 50.7 Å². The van der Waals surface area contributed by atoms with Crippen molar-refractivity contribution in [3.63, 3.8) is 0 Å². The summed E-state index contributed by atoms with van der Waals surface area (Å²) in [6.45, 7) is 3.99. The van der Waals surface area contributed by atoms with Crippen molar-refractivity contribution in [3.8, 4) is 0 Å². The first kappa shape index (κ1) is 15.2. The van der Waals surface area contributed by atoms with Crippen LogP contribution in [-0.4, -0.2) is 0 Å². The lowest BCUT2D eigenvalue weighted by atomic mass is 9.98. The molecule has 0 aliphatic heterocycles. The van der Waals surface area contributed by atoms with Crippen LogP contribution in [0.4, 0.5) is 0 Å². The molecule has 0 spiro atoms. The average Bonchev–Trinajstić information content (AvgIpc) is 2.33. The Morgan fingerprint density at radius 1 is 0.947 bits per heavy atom. The van der Waals surface area contributed by atoms with Crippen molar-refractivity contribution >= 4 is 50.7 Å². The maximum atomic E-state index is 6.60. The SMILES string of the molecule is Cc1cc(C(Cl)c2ccc(Cl)cc2Br)c(C)cc1Cl. The molecule has 2 rings (SSSR count). The molecule has 4 heteroatoms. The van der Waals surface area contributed by atoms with Gasteiger partial charge in [0, 0.05) is 14.5 Å². The van der Waals surface area contributed by atoms with Gasteiger partial charge in [0.25, 0.3) is 0 Å². The predicted octanol–water partition coefficient (Wildman–Crippen LogP) is 6.70. The number of aryl methyl sites for hydroxylation is 2. The molecule has 0 saturated carbocycles.